The first-order valence-electron chi connectivity index (χ1n) is 8.12. The maximum absolute atomic E-state index is 4.76. The molecule has 2 rings (SSSR count). The average Bonchev–Trinajstić information content (AvgIpc) is 3.07. The first-order valence-corrected chi connectivity index (χ1v) is 9.00. The molecule has 2 aromatic rings. The fraction of sp³-hybridized carbons (Fsp3) is 0.444. The third kappa shape index (κ3) is 5.67. The van der Waals surface area contributed by atoms with Crippen molar-refractivity contribution < 1.29 is 0 Å². The van der Waals surface area contributed by atoms with Crippen molar-refractivity contribution in [3.8, 4) is 0 Å². The van der Waals surface area contributed by atoms with Gasteiger partial charge in [0, 0.05) is 44.0 Å². The van der Waals surface area contributed by atoms with Gasteiger partial charge in [-0.1, -0.05) is 6.07 Å². The number of aryl methyl sites for hydroxylation is 1. The number of thiophene rings is 1. The van der Waals surface area contributed by atoms with Crippen LogP contribution in [-0.4, -0.2) is 42.5 Å². The number of hydrogen-bond donors (Lipinski definition) is 1. The fourth-order valence-corrected chi connectivity index (χ4v) is 3.07. The highest BCUT2D eigenvalue weighted by atomic mass is 32.1. The van der Waals surface area contributed by atoms with Crippen LogP contribution in [0.15, 0.2) is 41.0 Å². The molecule has 1 N–H and O–H groups in total. The second-order valence-electron chi connectivity index (χ2n) is 5.54. The molecule has 2 heterocycles. The molecular formula is C18H26N4S. The summed E-state index contributed by atoms with van der Waals surface area (Å²) in [5.41, 5.74) is 2.56. The summed E-state index contributed by atoms with van der Waals surface area (Å²) in [5, 5.41) is 5.51. The number of pyridine rings is 1. The topological polar surface area (TPSA) is 40.5 Å². The van der Waals surface area contributed by atoms with Crippen molar-refractivity contribution in [3.05, 3.63) is 52.0 Å². The van der Waals surface area contributed by atoms with Gasteiger partial charge in [-0.3, -0.25) is 9.98 Å². The van der Waals surface area contributed by atoms with E-state index in [2.05, 4.69) is 59.7 Å². The van der Waals surface area contributed by atoms with Gasteiger partial charge < -0.3 is 10.2 Å². The van der Waals surface area contributed by atoms with Crippen LogP contribution in [0.4, 0.5) is 0 Å². The van der Waals surface area contributed by atoms with Gasteiger partial charge in [0.05, 0.1) is 0 Å². The van der Waals surface area contributed by atoms with Crippen molar-refractivity contribution in [2.75, 3.05) is 26.7 Å². The number of nitrogens with zero attached hydrogens (tertiary/aromatic N) is 3. The molecule has 0 bridgehead atoms. The monoisotopic (exact) mass is 330 g/mol. The van der Waals surface area contributed by atoms with Gasteiger partial charge in [-0.2, -0.15) is 0 Å². The van der Waals surface area contributed by atoms with Crippen LogP contribution in [0.1, 0.15) is 22.9 Å². The van der Waals surface area contributed by atoms with Crippen molar-refractivity contribution >= 4 is 17.3 Å². The van der Waals surface area contributed by atoms with Crippen LogP contribution >= 0.6 is 11.3 Å². The van der Waals surface area contributed by atoms with Crippen LogP contribution in [0, 0.1) is 6.92 Å². The lowest BCUT2D eigenvalue weighted by Crippen LogP contribution is -2.40. The maximum Gasteiger partial charge on any atom is 0.193 e. The van der Waals surface area contributed by atoms with Gasteiger partial charge >= 0.3 is 0 Å². The zero-order valence-corrected chi connectivity index (χ0v) is 15.1. The average molecular weight is 331 g/mol. The lowest BCUT2D eigenvalue weighted by atomic mass is 10.1. The van der Waals surface area contributed by atoms with Crippen LogP contribution in [0.5, 0.6) is 0 Å². The van der Waals surface area contributed by atoms with E-state index in [1.807, 2.05) is 23.7 Å². The Morgan fingerprint density at radius 3 is 2.91 bits per heavy atom. The summed E-state index contributed by atoms with van der Waals surface area (Å²) in [5.74, 6) is 0.982. The molecule has 124 valence electrons. The highest BCUT2D eigenvalue weighted by Crippen LogP contribution is 2.09. The van der Waals surface area contributed by atoms with Gasteiger partial charge in [0.1, 0.15) is 0 Å². The molecule has 0 fully saturated rings. The van der Waals surface area contributed by atoms with E-state index in [9.17, 15) is 0 Å². The fourth-order valence-electron chi connectivity index (χ4n) is 2.37. The Morgan fingerprint density at radius 1 is 1.35 bits per heavy atom. The molecule has 0 atom stereocenters. The molecular weight excluding hydrogens is 304 g/mol. The van der Waals surface area contributed by atoms with E-state index >= 15 is 0 Å². The van der Waals surface area contributed by atoms with Crippen LogP contribution in [0.3, 0.4) is 0 Å². The third-order valence-electron chi connectivity index (χ3n) is 3.75. The third-order valence-corrected chi connectivity index (χ3v) is 4.69. The minimum atomic E-state index is 0.788. The molecule has 0 radical (unpaired) electrons. The van der Waals surface area contributed by atoms with Gasteiger partial charge in [0.15, 0.2) is 5.96 Å². The maximum atomic E-state index is 4.76. The Labute approximate surface area is 143 Å². The predicted molar refractivity (Wildman–Crippen MR) is 99.3 cm³/mol. The molecule has 4 nitrogen and oxygen atoms in total. The lowest BCUT2D eigenvalue weighted by molar-refractivity contribution is 0.487. The summed E-state index contributed by atoms with van der Waals surface area (Å²) in [4.78, 5) is 12.5. The van der Waals surface area contributed by atoms with E-state index in [1.54, 1.807) is 0 Å². The summed E-state index contributed by atoms with van der Waals surface area (Å²) in [6.45, 7) is 6.85. The van der Waals surface area contributed by atoms with Gasteiger partial charge in [-0.25, -0.2) is 0 Å². The summed E-state index contributed by atoms with van der Waals surface area (Å²) < 4.78 is 0. The van der Waals surface area contributed by atoms with E-state index in [1.165, 1.54) is 16.0 Å². The number of rotatable bonds is 7. The first-order chi connectivity index (χ1) is 11.2. The Hall–Kier alpha value is -1.88. The van der Waals surface area contributed by atoms with Crippen molar-refractivity contribution in [1.82, 2.24) is 15.2 Å². The lowest BCUT2D eigenvalue weighted by Gasteiger charge is -2.21. The number of nitrogens with one attached hydrogen (secondary N) is 1. The second-order valence-corrected chi connectivity index (χ2v) is 6.57. The van der Waals surface area contributed by atoms with E-state index in [-0.39, 0.29) is 0 Å². The number of likely N-dealkylation sites (N-methyl/N-ethyl adjacent to an activating group) is 1. The van der Waals surface area contributed by atoms with Crippen LogP contribution in [-0.2, 0) is 12.8 Å². The Bertz CT molecular complexity index is 607. The van der Waals surface area contributed by atoms with E-state index in [4.69, 9.17) is 4.99 Å². The number of hydrogen-bond acceptors (Lipinski definition) is 3. The molecule has 0 saturated carbocycles. The molecule has 23 heavy (non-hydrogen) atoms. The molecule has 2 aromatic heterocycles. The molecule has 0 aliphatic rings. The van der Waals surface area contributed by atoms with E-state index < -0.39 is 0 Å². The van der Waals surface area contributed by atoms with E-state index in [0.29, 0.717) is 0 Å². The molecule has 0 aromatic carbocycles. The second kappa shape index (κ2) is 9.30. The van der Waals surface area contributed by atoms with Crippen LogP contribution < -0.4 is 5.32 Å². The van der Waals surface area contributed by atoms with Gasteiger partial charge in [0.2, 0.25) is 0 Å². The minimum Gasteiger partial charge on any atom is -0.357 e. The minimum absolute atomic E-state index is 0.788. The van der Waals surface area contributed by atoms with Gasteiger partial charge in [0.25, 0.3) is 0 Å². The standard InChI is InChI=1S/C18H26N4S/c1-4-20-18(22(3)12-9-17-6-5-13-23-17)21-11-8-16-7-10-19-14-15(16)2/h5-7,10,13-14H,4,8-9,11-12H2,1-3H3,(H,20,21). The molecule has 0 unspecified atom stereocenters. The molecule has 0 spiro atoms. The van der Waals surface area contributed by atoms with Crippen LogP contribution in [0.2, 0.25) is 0 Å². The molecule has 0 amide bonds. The first kappa shape index (κ1) is 17.5. The van der Waals surface area contributed by atoms with E-state index in [0.717, 1.165) is 38.4 Å². The molecule has 0 saturated heterocycles. The predicted octanol–water partition coefficient (Wildman–Crippen LogP) is 3.13. The van der Waals surface area contributed by atoms with Crippen LogP contribution in [0.25, 0.3) is 0 Å². The van der Waals surface area contributed by atoms with Crippen molar-refractivity contribution in [1.29, 1.82) is 0 Å². The Kier molecular flexibility index (Phi) is 7.07. The number of aromatic nitrogens is 1. The smallest absolute Gasteiger partial charge is 0.193 e. The SMILES string of the molecule is CCNC(=NCCc1ccncc1C)N(C)CCc1cccs1. The molecule has 0 aliphatic heterocycles. The zero-order chi connectivity index (χ0) is 16.5. The van der Waals surface area contributed by atoms with Crippen molar-refractivity contribution in [3.63, 3.8) is 0 Å². The summed E-state index contributed by atoms with van der Waals surface area (Å²) in [7, 11) is 2.10. The Morgan fingerprint density at radius 2 is 2.22 bits per heavy atom. The zero-order valence-electron chi connectivity index (χ0n) is 14.2. The van der Waals surface area contributed by atoms with Crippen molar-refractivity contribution in [2.45, 2.75) is 26.7 Å². The quantitative estimate of drug-likeness (QED) is 0.626. The van der Waals surface area contributed by atoms with Gasteiger partial charge in [-0.05, 0) is 55.3 Å². The Balaban J connectivity index is 1.89. The highest BCUT2D eigenvalue weighted by molar-refractivity contribution is 7.09. The summed E-state index contributed by atoms with van der Waals surface area (Å²) in [6, 6.07) is 6.38. The molecule has 5 heteroatoms. The number of guanidine groups is 1. The van der Waals surface area contributed by atoms with Crippen molar-refractivity contribution in [2.24, 2.45) is 4.99 Å². The largest absolute Gasteiger partial charge is 0.357 e. The highest BCUT2D eigenvalue weighted by Gasteiger charge is 2.06. The normalized spacial score (nSPS) is 11.5. The van der Waals surface area contributed by atoms with Gasteiger partial charge in [-0.15, -0.1) is 11.3 Å². The molecule has 0 aliphatic carbocycles. The number of aliphatic imine (C=N–C) groups is 1. The summed E-state index contributed by atoms with van der Waals surface area (Å²) >= 11 is 1.81. The summed E-state index contributed by atoms with van der Waals surface area (Å²) in [6.07, 6.45) is 5.77.